The number of phenolic OH excluding ortho intramolecular Hbond substituents is 3. The van der Waals surface area contributed by atoms with Crippen LogP contribution in [0.1, 0.15) is 36.7 Å². The zero-order chi connectivity index (χ0) is 30.0. The van der Waals surface area contributed by atoms with E-state index >= 15 is 0 Å². The molecule has 1 saturated heterocycles. The Bertz CT molecular complexity index is 1410. The number of hydrogen-bond acceptors (Lipinski definition) is 14. The number of carbonyl (C=O) groups excluding carboxylic acids is 4. The molecule has 2 aliphatic heterocycles. The van der Waals surface area contributed by atoms with Crippen molar-refractivity contribution in [3.63, 3.8) is 0 Å². The molecule has 14 heteroatoms. The Labute approximate surface area is 232 Å². The fourth-order valence-electron chi connectivity index (χ4n) is 4.20. The quantitative estimate of drug-likeness (QED) is 0.159. The lowest BCUT2D eigenvalue weighted by Gasteiger charge is -2.42. The van der Waals surface area contributed by atoms with Crippen molar-refractivity contribution in [1.29, 1.82) is 0 Å². The Morgan fingerprint density at radius 3 is 2.24 bits per heavy atom. The lowest BCUT2D eigenvalue weighted by molar-refractivity contribution is -0.285. The van der Waals surface area contributed by atoms with Gasteiger partial charge in [0.2, 0.25) is 17.8 Å². The summed E-state index contributed by atoms with van der Waals surface area (Å²) in [5, 5.41) is 41.1. The number of aliphatic hydroxyl groups excluding tert-OH is 1. The molecule has 1 fully saturated rings. The highest BCUT2D eigenvalue weighted by Gasteiger charge is 2.51. The van der Waals surface area contributed by atoms with Crippen LogP contribution in [0.5, 0.6) is 28.7 Å². The number of aliphatic hydroxyl groups is 1. The number of ketones is 1. The summed E-state index contributed by atoms with van der Waals surface area (Å²) in [5.41, 5.74) is 0.301. The maximum atomic E-state index is 12.9. The van der Waals surface area contributed by atoms with Crippen LogP contribution >= 0.6 is 0 Å². The standard InChI is InChI=1S/C27H26O14/c1-11(28)36-10-20-25(37-12(2)29)23(35)26(38-13(3)30)27(41-20)40-18-7-5-15-21(33)19(39-24(15)22(18)34)9-14-4-6-16(31)17(32)8-14/h4-9,20,23,25-27,31-32,34-35H,10H2,1-3H3/t20?,23-,25+,26?,27+/m0/s1. The van der Waals surface area contributed by atoms with Gasteiger partial charge in [-0.25, -0.2) is 0 Å². The SMILES string of the molecule is CC(=O)OCC1O[C@@H](Oc2ccc3c(c2O)OC(=Cc2ccc(O)c(O)c2)C3=O)C(OC(C)=O)[C@@H](O)[C@@H]1OC(C)=O. The molecule has 0 spiro atoms. The van der Waals surface area contributed by atoms with E-state index in [1.807, 2.05) is 0 Å². The topological polar surface area (TPSA) is 205 Å². The van der Waals surface area contributed by atoms with Crippen molar-refractivity contribution in [3.8, 4) is 28.7 Å². The maximum absolute atomic E-state index is 12.9. The van der Waals surface area contributed by atoms with E-state index in [1.54, 1.807) is 0 Å². The Kier molecular flexibility index (Phi) is 8.35. The fraction of sp³-hybridized carbons (Fsp3) is 0.333. The van der Waals surface area contributed by atoms with E-state index in [2.05, 4.69) is 0 Å². The van der Waals surface area contributed by atoms with E-state index < -0.39 is 72.5 Å². The van der Waals surface area contributed by atoms with Gasteiger partial charge in [-0.2, -0.15) is 0 Å². The zero-order valence-electron chi connectivity index (χ0n) is 21.9. The number of esters is 3. The average Bonchev–Trinajstić information content (AvgIpc) is 3.21. The number of allylic oxidation sites excluding steroid dienone is 1. The number of Topliss-reactive ketones (excluding diaryl/α,β-unsaturated/α-hetero) is 1. The molecule has 218 valence electrons. The summed E-state index contributed by atoms with van der Waals surface area (Å²) >= 11 is 0. The molecule has 2 heterocycles. The van der Waals surface area contributed by atoms with Gasteiger partial charge in [-0.3, -0.25) is 19.2 Å². The van der Waals surface area contributed by atoms with Crippen LogP contribution in [0.3, 0.4) is 0 Å². The van der Waals surface area contributed by atoms with Gasteiger partial charge in [0, 0.05) is 20.8 Å². The second-order valence-corrected chi connectivity index (χ2v) is 9.08. The van der Waals surface area contributed by atoms with E-state index in [0.29, 0.717) is 5.56 Å². The first kappa shape index (κ1) is 29.2. The highest BCUT2D eigenvalue weighted by Crippen LogP contribution is 2.46. The predicted octanol–water partition coefficient (Wildman–Crippen LogP) is 1.31. The third-order valence-corrected chi connectivity index (χ3v) is 5.99. The number of carbonyl (C=O) groups is 4. The third kappa shape index (κ3) is 6.34. The van der Waals surface area contributed by atoms with Crippen molar-refractivity contribution in [1.82, 2.24) is 0 Å². The minimum Gasteiger partial charge on any atom is -0.504 e. The Morgan fingerprint density at radius 1 is 0.927 bits per heavy atom. The maximum Gasteiger partial charge on any atom is 0.303 e. The minimum absolute atomic E-state index is 0.0205. The zero-order valence-corrected chi connectivity index (χ0v) is 21.9. The molecule has 41 heavy (non-hydrogen) atoms. The van der Waals surface area contributed by atoms with Gasteiger partial charge in [0.1, 0.15) is 18.8 Å². The van der Waals surface area contributed by atoms with Gasteiger partial charge >= 0.3 is 17.9 Å². The number of ether oxygens (including phenoxy) is 6. The molecule has 0 radical (unpaired) electrons. The van der Waals surface area contributed by atoms with Gasteiger partial charge in [-0.15, -0.1) is 0 Å². The lowest BCUT2D eigenvalue weighted by Crippen LogP contribution is -2.62. The van der Waals surface area contributed by atoms with Crippen molar-refractivity contribution in [2.45, 2.75) is 51.5 Å². The van der Waals surface area contributed by atoms with Crippen LogP contribution in [0.2, 0.25) is 0 Å². The van der Waals surface area contributed by atoms with Crippen LogP contribution < -0.4 is 9.47 Å². The predicted molar refractivity (Wildman–Crippen MR) is 134 cm³/mol. The van der Waals surface area contributed by atoms with Crippen molar-refractivity contribution in [2.75, 3.05) is 6.61 Å². The van der Waals surface area contributed by atoms with Gasteiger partial charge in [-0.05, 0) is 35.9 Å². The van der Waals surface area contributed by atoms with E-state index in [-0.39, 0.29) is 28.6 Å². The van der Waals surface area contributed by atoms with E-state index in [9.17, 15) is 39.6 Å². The number of hydrogen-bond donors (Lipinski definition) is 4. The van der Waals surface area contributed by atoms with Gasteiger partial charge < -0.3 is 48.8 Å². The minimum atomic E-state index is -1.70. The highest BCUT2D eigenvalue weighted by molar-refractivity contribution is 6.15. The van der Waals surface area contributed by atoms with E-state index in [1.165, 1.54) is 36.4 Å². The molecule has 0 bridgehead atoms. The molecular formula is C27H26O14. The highest BCUT2D eigenvalue weighted by atomic mass is 16.7. The Balaban J connectivity index is 1.63. The smallest absolute Gasteiger partial charge is 0.303 e. The molecule has 2 aliphatic rings. The van der Waals surface area contributed by atoms with Crippen molar-refractivity contribution >= 4 is 29.8 Å². The summed E-state index contributed by atoms with van der Waals surface area (Å²) in [6, 6.07) is 6.35. The number of aromatic hydroxyl groups is 3. The molecule has 5 atom stereocenters. The lowest BCUT2D eigenvalue weighted by atomic mass is 9.98. The summed E-state index contributed by atoms with van der Waals surface area (Å²) < 4.78 is 32.3. The summed E-state index contributed by atoms with van der Waals surface area (Å²) in [4.78, 5) is 47.7. The average molecular weight is 574 g/mol. The van der Waals surface area contributed by atoms with Crippen LogP contribution in [-0.4, -0.2) is 81.4 Å². The van der Waals surface area contributed by atoms with Crippen molar-refractivity contribution in [2.24, 2.45) is 0 Å². The van der Waals surface area contributed by atoms with Crippen LogP contribution in [0.15, 0.2) is 36.1 Å². The third-order valence-electron chi connectivity index (χ3n) is 5.99. The number of rotatable bonds is 7. The first-order chi connectivity index (χ1) is 19.3. The molecule has 4 rings (SSSR count). The first-order valence-corrected chi connectivity index (χ1v) is 12.2. The fourth-order valence-corrected chi connectivity index (χ4v) is 4.20. The van der Waals surface area contributed by atoms with Crippen molar-refractivity contribution in [3.05, 3.63) is 47.2 Å². The van der Waals surface area contributed by atoms with Crippen molar-refractivity contribution < 1.29 is 68.0 Å². The Hall–Kier alpha value is -4.82. The molecule has 0 aliphatic carbocycles. The second kappa shape index (κ2) is 11.7. The molecule has 0 amide bonds. The van der Waals surface area contributed by atoms with Crippen LogP contribution in [-0.2, 0) is 33.3 Å². The molecule has 14 nitrogen and oxygen atoms in total. The number of benzene rings is 2. The van der Waals surface area contributed by atoms with Crippen LogP contribution in [0, 0.1) is 0 Å². The van der Waals surface area contributed by atoms with Crippen LogP contribution in [0.4, 0.5) is 0 Å². The summed E-state index contributed by atoms with van der Waals surface area (Å²) in [6.07, 6.45) is -6.28. The molecular weight excluding hydrogens is 548 g/mol. The molecule has 2 unspecified atom stereocenters. The molecule has 2 aromatic rings. The molecule has 0 aromatic heterocycles. The van der Waals surface area contributed by atoms with Gasteiger partial charge in [0.25, 0.3) is 0 Å². The second-order valence-electron chi connectivity index (χ2n) is 9.08. The van der Waals surface area contributed by atoms with Crippen LogP contribution in [0.25, 0.3) is 6.08 Å². The molecule has 0 saturated carbocycles. The van der Waals surface area contributed by atoms with Gasteiger partial charge in [0.05, 0.1) is 5.56 Å². The van der Waals surface area contributed by atoms with E-state index in [0.717, 1.165) is 20.8 Å². The largest absolute Gasteiger partial charge is 0.504 e. The monoisotopic (exact) mass is 574 g/mol. The van der Waals surface area contributed by atoms with E-state index in [4.69, 9.17) is 28.4 Å². The number of fused-ring (bicyclic) bond motifs is 1. The van der Waals surface area contributed by atoms with Gasteiger partial charge in [-0.1, -0.05) is 6.07 Å². The van der Waals surface area contributed by atoms with Gasteiger partial charge in [0.15, 0.2) is 41.0 Å². The molecule has 2 aromatic carbocycles. The molecule has 4 N–H and O–H groups in total. The summed E-state index contributed by atoms with van der Waals surface area (Å²) in [6.45, 7) is 2.80. The normalized spacial score (nSPS) is 24.2. The summed E-state index contributed by atoms with van der Waals surface area (Å²) in [7, 11) is 0. The first-order valence-electron chi connectivity index (χ1n) is 12.2. The summed E-state index contributed by atoms with van der Waals surface area (Å²) in [5.74, 6) is -5.09. The number of phenols is 3. The Morgan fingerprint density at radius 2 is 1.61 bits per heavy atom.